The molecular weight excluding hydrogens is 321 g/mol. The minimum atomic E-state index is -0.315. The number of ether oxygens (including phenoxy) is 1. The van der Waals surface area contributed by atoms with Crippen molar-refractivity contribution in [3.63, 3.8) is 0 Å². The van der Waals surface area contributed by atoms with Crippen molar-refractivity contribution in [1.29, 1.82) is 0 Å². The molecule has 3 rings (SSSR count). The van der Waals surface area contributed by atoms with Crippen LogP contribution in [0.3, 0.4) is 0 Å². The number of hydrogen-bond donors (Lipinski definition) is 1. The zero-order chi connectivity index (χ0) is 17.8. The summed E-state index contributed by atoms with van der Waals surface area (Å²) < 4.78 is 20.2. The average Bonchev–Trinajstić information content (AvgIpc) is 3.02. The van der Waals surface area contributed by atoms with E-state index in [1.807, 2.05) is 6.92 Å². The first kappa shape index (κ1) is 17.5. The fourth-order valence-corrected chi connectivity index (χ4v) is 3.27. The van der Waals surface area contributed by atoms with E-state index in [-0.39, 0.29) is 23.5 Å². The third-order valence-electron chi connectivity index (χ3n) is 4.71. The predicted molar refractivity (Wildman–Crippen MR) is 93.6 cm³/mol. The molecule has 0 bridgehead atoms. The van der Waals surface area contributed by atoms with Gasteiger partial charge < -0.3 is 10.1 Å². The van der Waals surface area contributed by atoms with Crippen molar-refractivity contribution in [2.24, 2.45) is 5.92 Å². The lowest BCUT2D eigenvalue weighted by Crippen LogP contribution is -2.41. The van der Waals surface area contributed by atoms with Crippen LogP contribution in [0.5, 0.6) is 5.75 Å². The maximum Gasteiger partial charge on any atom is 0.275 e. The number of nitrogens with zero attached hydrogens (tertiary/aromatic N) is 2. The number of halogens is 1. The molecule has 1 aromatic heterocycles. The lowest BCUT2D eigenvalue weighted by Gasteiger charge is -2.29. The Bertz CT molecular complexity index is 727. The van der Waals surface area contributed by atoms with Crippen molar-refractivity contribution >= 4 is 5.91 Å². The van der Waals surface area contributed by atoms with E-state index in [0.717, 1.165) is 19.3 Å². The molecule has 1 heterocycles. The summed E-state index contributed by atoms with van der Waals surface area (Å²) in [7, 11) is 0. The Labute approximate surface area is 147 Å². The van der Waals surface area contributed by atoms with Crippen molar-refractivity contribution in [3.05, 3.63) is 42.0 Å². The van der Waals surface area contributed by atoms with Gasteiger partial charge in [-0.25, -0.2) is 9.07 Å². The number of nitrogens with one attached hydrogen (secondary N) is 1. The molecule has 134 valence electrons. The average molecular weight is 345 g/mol. The van der Waals surface area contributed by atoms with Crippen LogP contribution in [-0.4, -0.2) is 28.3 Å². The Morgan fingerprint density at radius 1 is 1.32 bits per heavy atom. The zero-order valence-electron chi connectivity index (χ0n) is 14.7. The minimum absolute atomic E-state index is 0.173. The van der Waals surface area contributed by atoms with E-state index in [1.165, 1.54) is 18.6 Å². The Morgan fingerprint density at radius 2 is 2.04 bits per heavy atom. The van der Waals surface area contributed by atoms with E-state index in [9.17, 15) is 9.18 Å². The SMILES string of the molecule is CCOc1cn(-c2ccc(F)cc2)nc1C(=O)N[C@H]1CCCC[C@@H]1C. The molecule has 1 saturated carbocycles. The van der Waals surface area contributed by atoms with Crippen LogP contribution in [0.15, 0.2) is 30.5 Å². The van der Waals surface area contributed by atoms with E-state index in [4.69, 9.17) is 4.74 Å². The van der Waals surface area contributed by atoms with Crippen LogP contribution in [0, 0.1) is 11.7 Å². The highest BCUT2D eigenvalue weighted by Crippen LogP contribution is 2.25. The smallest absolute Gasteiger partial charge is 0.275 e. The van der Waals surface area contributed by atoms with Crippen LogP contribution in [0.4, 0.5) is 4.39 Å². The summed E-state index contributed by atoms with van der Waals surface area (Å²) in [5, 5.41) is 7.48. The number of amides is 1. The quantitative estimate of drug-likeness (QED) is 0.898. The van der Waals surface area contributed by atoms with Crippen molar-refractivity contribution in [1.82, 2.24) is 15.1 Å². The normalized spacial score (nSPS) is 20.3. The number of rotatable bonds is 5. The van der Waals surface area contributed by atoms with Gasteiger partial charge in [0, 0.05) is 6.04 Å². The monoisotopic (exact) mass is 345 g/mol. The molecule has 0 unspecified atom stereocenters. The second-order valence-corrected chi connectivity index (χ2v) is 6.54. The third-order valence-corrected chi connectivity index (χ3v) is 4.71. The molecule has 2 atom stereocenters. The van der Waals surface area contributed by atoms with Gasteiger partial charge in [0.05, 0.1) is 18.5 Å². The van der Waals surface area contributed by atoms with E-state index < -0.39 is 0 Å². The standard InChI is InChI=1S/C19H24FN3O2/c1-3-25-17-12-23(15-10-8-14(20)9-11-15)22-18(17)19(24)21-16-7-5-4-6-13(16)2/h8-13,16H,3-7H2,1-2H3,(H,21,24)/t13-,16-/m0/s1. The van der Waals surface area contributed by atoms with Crippen LogP contribution in [0.1, 0.15) is 50.0 Å². The Kier molecular flexibility index (Phi) is 5.36. The summed E-state index contributed by atoms with van der Waals surface area (Å²) in [6.07, 6.45) is 6.15. The van der Waals surface area contributed by atoms with Gasteiger partial charge in [-0.05, 0) is 49.9 Å². The van der Waals surface area contributed by atoms with Gasteiger partial charge in [0.15, 0.2) is 11.4 Å². The number of carbonyl (C=O) groups is 1. The van der Waals surface area contributed by atoms with Crippen molar-refractivity contribution < 1.29 is 13.9 Å². The molecule has 1 aromatic carbocycles. The Balaban J connectivity index is 1.83. The van der Waals surface area contributed by atoms with Gasteiger partial charge >= 0.3 is 0 Å². The summed E-state index contributed by atoms with van der Waals surface area (Å²) >= 11 is 0. The van der Waals surface area contributed by atoms with Crippen LogP contribution in [0.25, 0.3) is 5.69 Å². The van der Waals surface area contributed by atoms with Crippen LogP contribution in [0.2, 0.25) is 0 Å². The highest BCUT2D eigenvalue weighted by Gasteiger charge is 2.26. The molecule has 1 fully saturated rings. The molecule has 2 aromatic rings. The zero-order valence-corrected chi connectivity index (χ0v) is 14.7. The molecular formula is C19H24FN3O2. The van der Waals surface area contributed by atoms with Gasteiger partial charge in [0.2, 0.25) is 0 Å². The third kappa shape index (κ3) is 4.00. The molecule has 5 nitrogen and oxygen atoms in total. The molecule has 6 heteroatoms. The van der Waals surface area contributed by atoms with E-state index in [1.54, 1.807) is 23.0 Å². The van der Waals surface area contributed by atoms with Crippen LogP contribution >= 0.6 is 0 Å². The first-order chi connectivity index (χ1) is 12.1. The van der Waals surface area contributed by atoms with Gasteiger partial charge in [-0.15, -0.1) is 0 Å². The number of aromatic nitrogens is 2. The maximum atomic E-state index is 13.1. The number of hydrogen-bond acceptors (Lipinski definition) is 3. The second-order valence-electron chi connectivity index (χ2n) is 6.54. The highest BCUT2D eigenvalue weighted by atomic mass is 19.1. The Morgan fingerprint density at radius 3 is 2.72 bits per heavy atom. The molecule has 0 radical (unpaired) electrons. The van der Waals surface area contributed by atoms with E-state index >= 15 is 0 Å². The summed E-state index contributed by atoms with van der Waals surface area (Å²) in [5.74, 6) is 0.369. The predicted octanol–water partition coefficient (Wildman–Crippen LogP) is 3.72. The lowest BCUT2D eigenvalue weighted by atomic mass is 9.86. The Hall–Kier alpha value is -2.37. The second kappa shape index (κ2) is 7.68. The summed E-state index contributed by atoms with van der Waals surface area (Å²) in [4.78, 5) is 12.7. The van der Waals surface area contributed by atoms with Gasteiger partial charge in [0.1, 0.15) is 5.82 Å². The fraction of sp³-hybridized carbons (Fsp3) is 0.474. The highest BCUT2D eigenvalue weighted by molar-refractivity contribution is 5.95. The largest absolute Gasteiger partial charge is 0.490 e. The van der Waals surface area contributed by atoms with E-state index in [0.29, 0.717) is 24.0 Å². The van der Waals surface area contributed by atoms with Gasteiger partial charge in [-0.2, -0.15) is 5.10 Å². The molecule has 1 N–H and O–H groups in total. The summed E-state index contributed by atoms with van der Waals surface area (Å²) in [5.41, 5.74) is 0.941. The summed E-state index contributed by atoms with van der Waals surface area (Å²) in [6, 6.07) is 6.12. The molecule has 1 aliphatic carbocycles. The molecule has 25 heavy (non-hydrogen) atoms. The van der Waals surface area contributed by atoms with Crippen LogP contribution < -0.4 is 10.1 Å². The van der Waals surface area contributed by atoms with Gasteiger partial charge in [-0.1, -0.05) is 19.8 Å². The first-order valence-electron chi connectivity index (χ1n) is 8.87. The minimum Gasteiger partial charge on any atom is -0.490 e. The first-order valence-corrected chi connectivity index (χ1v) is 8.87. The van der Waals surface area contributed by atoms with Gasteiger partial charge in [0.25, 0.3) is 5.91 Å². The van der Waals surface area contributed by atoms with Crippen molar-refractivity contribution in [2.75, 3.05) is 6.61 Å². The molecule has 0 aliphatic heterocycles. The molecule has 0 spiro atoms. The van der Waals surface area contributed by atoms with E-state index in [2.05, 4.69) is 17.3 Å². The van der Waals surface area contributed by atoms with Crippen molar-refractivity contribution in [3.8, 4) is 11.4 Å². The van der Waals surface area contributed by atoms with Crippen LogP contribution in [-0.2, 0) is 0 Å². The topological polar surface area (TPSA) is 56.2 Å². The fourth-order valence-electron chi connectivity index (χ4n) is 3.27. The summed E-state index contributed by atoms with van der Waals surface area (Å²) in [6.45, 7) is 4.47. The van der Waals surface area contributed by atoms with Gasteiger partial charge in [-0.3, -0.25) is 4.79 Å². The number of benzene rings is 1. The van der Waals surface area contributed by atoms with Crippen molar-refractivity contribution in [2.45, 2.75) is 45.6 Å². The molecule has 1 aliphatic rings. The number of carbonyl (C=O) groups excluding carboxylic acids is 1. The maximum absolute atomic E-state index is 13.1. The lowest BCUT2D eigenvalue weighted by molar-refractivity contribution is 0.0901. The molecule has 1 amide bonds. The molecule has 0 saturated heterocycles.